The number of hydrogen-bond donors (Lipinski definition) is 0. The highest BCUT2D eigenvalue weighted by Crippen LogP contribution is 3.06. The van der Waals surface area contributed by atoms with E-state index in [0.29, 0.717) is 32.9 Å². The molecule has 3 aromatic heterocycles. The lowest BCUT2D eigenvalue weighted by Gasteiger charge is -2.87. The molecule has 0 amide bonds. The maximum atomic E-state index is 7.07. The Hall–Kier alpha value is -2.15. The summed E-state index contributed by atoms with van der Waals surface area (Å²) < 4.78 is 18.4. The van der Waals surface area contributed by atoms with Crippen molar-refractivity contribution in [3.8, 4) is 0 Å². The van der Waals surface area contributed by atoms with Crippen LogP contribution in [-0.4, -0.2) is 96.7 Å². The molecule has 6 heterocycles. The van der Waals surface area contributed by atoms with E-state index in [2.05, 4.69) is 31.9 Å². The van der Waals surface area contributed by atoms with E-state index in [1.807, 2.05) is 42.5 Å². The van der Waals surface area contributed by atoms with Gasteiger partial charge in [-0.05, 0) is 43.5 Å². The summed E-state index contributed by atoms with van der Waals surface area (Å²) in [7, 11) is -4.48. The van der Waals surface area contributed by atoms with Crippen molar-refractivity contribution >= 4 is 20.4 Å². The van der Waals surface area contributed by atoms with Crippen LogP contribution in [0.1, 0.15) is 19.3 Å². The molecule has 1 unspecified atom stereocenters. The standard InChI is InChI=1S/C26H35N7O2S2/c1-3-9-28-23(6-1)37(24-7-5-10-30-31-24,25-22-27-11-12-29-25,26-8-2-4-17-35-26,32-13-18-34-19-14-32)33-15-20-36-21-16-33/h1,3,5-7,9-12,22,26H,2,4,8,13-21H2. The fraction of sp³-hybridized carbons (Fsp3) is 0.500. The summed E-state index contributed by atoms with van der Waals surface area (Å²) in [5, 5.41) is 12.3. The highest BCUT2D eigenvalue weighted by molar-refractivity contribution is 8.61. The highest BCUT2D eigenvalue weighted by atomic mass is 32.4. The number of thioether (sulfide) groups is 1. The first-order valence-corrected chi connectivity index (χ1v) is 16.7. The van der Waals surface area contributed by atoms with Crippen LogP contribution in [0.4, 0.5) is 0 Å². The number of ether oxygens (including phenoxy) is 2. The van der Waals surface area contributed by atoms with E-state index in [-0.39, 0.29) is 5.44 Å². The van der Waals surface area contributed by atoms with E-state index >= 15 is 0 Å². The lowest BCUT2D eigenvalue weighted by atomic mass is 10.2. The second kappa shape index (κ2) is 9.87. The van der Waals surface area contributed by atoms with Crippen LogP contribution in [0.5, 0.6) is 0 Å². The SMILES string of the molecule is c1ccc(S(c2cnccn2)(c2cccnn2)(C2CCCCO2)(N2CCOCC2)N2CCSCC2)nc1. The molecule has 0 aliphatic carbocycles. The minimum absolute atomic E-state index is 0.252. The van der Waals surface area contributed by atoms with Crippen molar-refractivity contribution in [1.82, 2.24) is 33.8 Å². The molecule has 37 heavy (non-hydrogen) atoms. The van der Waals surface area contributed by atoms with Gasteiger partial charge in [-0.25, -0.2) is 9.97 Å². The molecule has 1 atom stereocenters. The Morgan fingerprint density at radius 3 is 2.27 bits per heavy atom. The third kappa shape index (κ3) is 3.06. The first kappa shape index (κ1) is 25.1. The second-order valence-electron chi connectivity index (χ2n) is 9.65. The predicted octanol–water partition coefficient (Wildman–Crippen LogP) is 3.75. The Bertz CT molecular complexity index is 1030. The molecule has 0 radical (unpaired) electrons. The molecule has 0 spiro atoms. The van der Waals surface area contributed by atoms with Crippen LogP contribution in [0, 0.1) is 0 Å². The molecule has 198 valence electrons. The van der Waals surface area contributed by atoms with Gasteiger partial charge >= 0.3 is 0 Å². The van der Waals surface area contributed by atoms with Gasteiger partial charge in [-0.2, -0.15) is 16.9 Å². The second-order valence-corrected chi connectivity index (χ2v) is 16.7. The Kier molecular flexibility index (Phi) is 6.70. The maximum absolute atomic E-state index is 7.07. The third-order valence-electron chi connectivity index (χ3n) is 8.29. The molecule has 3 aliphatic rings. The molecule has 3 aliphatic heterocycles. The number of aromatic nitrogens is 5. The van der Waals surface area contributed by atoms with Gasteiger partial charge in [-0.1, -0.05) is 14.7 Å². The Morgan fingerprint density at radius 2 is 1.59 bits per heavy atom. The smallest absolute Gasteiger partial charge is 0.122 e. The van der Waals surface area contributed by atoms with Crippen molar-refractivity contribution in [3.05, 3.63) is 61.3 Å². The molecule has 0 saturated carbocycles. The van der Waals surface area contributed by atoms with Crippen molar-refractivity contribution in [2.24, 2.45) is 0 Å². The first-order valence-electron chi connectivity index (χ1n) is 13.1. The summed E-state index contributed by atoms with van der Waals surface area (Å²) >= 11 is 1.99. The van der Waals surface area contributed by atoms with Gasteiger partial charge in [0, 0.05) is 69.1 Å². The van der Waals surface area contributed by atoms with Crippen LogP contribution in [0.3, 0.4) is 0 Å². The normalized spacial score (nSPS) is 24.2. The molecule has 6 rings (SSSR count). The van der Waals surface area contributed by atoms with Crippen molar-refractivity contribution in [3.63, 3.8) is 0 Å². The van der Waals surface area contributed by atoms with E-state index in [1.165, 1.54) is 0 Å². The minimum Gasteiger partial charge on any atom is -0.379 e. The first-order chi connectivity index (χ1) is 18.3. The minimum atomic E-state index is -4.48. The van der Waals surface area contributed by atoms with Crippen LogP contribution in [-0.2, 0) is 9.47 Å². The number of rotatable bonds is 6. The van der Waals surface area contributed by atoms with E-state index in [0.717, 1.165) is 58.9 Å². The fourth-order valence-corrected chi connectivity index (χ4v) is 17.5. The van der Waals surface area contributed by atoms with Crippen molar-refractivity contribution < 1.29 is 9.47 Å². The molecule has 3 fully saturated rings. The molecule has 3 aromatic rings. The summed E-state index contributed by atoms with van der Waals surface area (Å²) in [6, 6.07) is 10.4. The lowest BCUT2D eigenvalue weighted by Crippen LogP contribution is -2.71. The van der Waals surface area contributed by atoms with Gasteiger partial charge in [0.15, 0.2) is 0 Å². The molecule has 3 saturated heterocycles. The fourth-order valence-electron chi connectivity index (χ4n) is 6.93. The van der Waals surface area contributed by atoms with Crippen LogP contribution < -0.4 is 0 Å². The topological polar surface area (TPSA) is 89.4 Å². The third-order valence-corrected chi connectivity index (χ3v) is 18.0. The van der Waals surface area contributed by atoms with Crippen LogP contribution in [0.2, 0.25) is 0 Å². The van der Waals surface area contributed by atoms with E-state index in [1.54, 1.807) is 12.4 Å². The quantitative estimate of drug-likeness (QED) is 0.460. The summed E-state index contributed by atoms with van der Waals surface area (Å²) in [5.74, 6) is 2.01. The van der Waals surface area contributed by atoms with E-state index in [4.69, 9.17) is 29.5 Å². The molecule has 0 aromatic carbocycles. The number of nitrogens with zero attached hydrogens (tertiary/aromatic N) is 7. The summed E-state index contributed by atoms with van der Waals surface area (Å²) in [6.45, 7) is 5.03. The number of pyridine rings is 1. The number of morpholine rings is 1. The van der Waals surface area contributed by atoms with Crippen LogP contribution in [0.15, 0.2) is 76.4 Å². The average molecular weight is 542 g/mol. The predicted molar refractivity (Wildman–Crippen MR) is 146 cm³/mol. The Morgan fingerprint density at radius 1 is 0.784 bits per heavy atom. The van der Waals surface area contributed by atoms with Crippen molar-refractivity contribution in [2.75, 3.05) is 57.5 Å². The van der Waals surface area contributed by atoms with E-state index in [9.17, 15) is 0 Å². The van der Waals surface area contributed by atoms with E-state index < -0.39 is 8.67 Å². The van der Waals surface area contributed by atoms with Crippen molar-refractivity contribution in [2.45, 2.75) is 39.8 Å². The summed E-state index contributed by atoms with van der Waals surface area (Å²) in [5.41, 5.74) is -0.252. The van der Waals surface area contributed by atoms with Gasteiger partial charge in [-0.3, -0.25) is 13.6 Å². The summed E-state index contributed by atoms with van der Waals surface area (Å²) in [4.78, 5) is 15.2. The zero-order chi connectivity index (χ0) is 25.1. The maximum Gasteiger partial charge on any atom is 0.122 e. The van der Waals surface area contributed by atoms with Crippen LogP contribution >= 0.6 is 20.4 Å². The molecular weight excluding hydrogens is 506 g/mol. The largest absolute Gasteiger partial charge is 0.379 e. The van der Waals surface area contributed by atoms with Crippen LogP contribution in [0.25, 0.3) is 0 Å². The monoisotopic (exact) mass is 541 g/mol. The highest BCUT2D eigenvalue weighted by Gasteiger charge is 2.80. The molecule has 0 N–H and O–H groups in total. The molecule has 11 heteroatoms. The Balaban J connectivity index is 1.92. The van der Waals surface area contributed by atoms with Gasteiger partial charge in [0.25, 0.3) is 0 Å². The number of hydrogen-bond acceptors (Lipinski definition) is 10. The zero-order valence-corrected chi connectivity index (χ0v) is 22.7. The van der Waals surface area contributed by atoms with Gasteiger partial charge in [0.1, 0.15) is 15.5 Å². The van der Waals surface area contributed by atoms with Gasteiger partial charge in [-0.15, -0.1) is 5.10 Å². The van der Waals surface area contributed by atoms with Gasteiger partial charge in [0.05, 0.1) is 24.4 Å². The zero-order valence-electron chi connectivity index (χ0n) is 21.1. The molecule has 9 nitrogen and oxygen atoms in total. The molecule has 0 bridgehead atoms. The summed E-state index contributed by atoms with van der Waals surface area (Å²) in [6.07, 6.45) is 12.1. The average Bonchev–Trinajstić information content (AvgIpc) is 3.02. The molecular formula is C26H35N7O2S2. The Labute approximate surface area is 221 Å². The van der Waals surface area contributed by atoms with Gasteiger partial charge in [0.2, 0.25) is 0 Å². The van der Waals surface area contributed by atoms with Crippen molar-refractivity contribution in [1.29, 1.82) is 0 Å². The van der Waals surface area contributed by atoms with Gasteiger partial charge < -0.3 is 9.47 Å². The lowest BCUT2D eigenvalue weighted by molar-refractivity contribution is 0.0374.